The Morgan fingerprint density at radius 3 is 2.90 bits per heavy atom. The molecule has 0 radical (unpaired) electrons. The number of aliphatic hydroxyl groups is 1. The van der Waals surface area contributed by atoms with E-state index in [1.54, 1.807) is 6.33 Å². The Hall–Kier alpha value is -1.89. The summed E-state index contributed by atoms with van der Waals surface area (Å²) in [5, 5.41) is 12.5. The zero-order chi connectivity index (χ0) is 14.7. The highest BCUT2D eigenvalue weighted by Gasteiger charge is 2.22. The standard InChI is InChI=1S/C14H22N6O/c1-2-5-15-14-18-12-11(16-9-17-12)13(19-14)20-6-3-10(8-21)4-7-20/h9-10,21H,2-8H2,1H3,(H2,15,16,17,18,19). The molecule has 1 aliphatic heterocycles. The largest absolute Gasteiger partial charge is 0.396 e. The zero-order valence-corrected chi connectivity index (χ0v) is 12.3. The molecule has 1 fully saturated rings. The molecule has 0 amide bonds. The summed E-state index contributed by atoms with van der Waals surface area (Å²) in [7, 11) is 0. The molecule has 21 heavy (non-hydrogen) atoms. The highest BCUT2D eigenvalue weighted by molar-refractivity contribution is 5.84. The van der Waals surface area contributed by atoms with Gasteiger partial charge in [0.05, 0.1) is 6.33 Å². The maximum Gasteiger partial charge on any atom is 0.226 e. The average Bonchev–Trinajstić information content (AvgIpc) is 3.00. The molecule has 114 valence electrons. The molecule has 0 saturated carbocycles. The van der Waals surface area contributed by atoms with Crippen molar-refractivity contribution in [3.63, 3.8) is 0 Å². The van der Waals surface area contributed by atoms with Crippen molar-refractivity contribution in [2.45, 2.75) is 26.2 Å². The summed E-state index contributed by atoms with van der Waals surface area (Å²) in [6.07, 6.45) is 4.67. The van der Waals surface area contributed by atoms with Crippen molar-refractivity contribution in [2.75, 3.05) is 36.5 Å². The number of aromatic nitrogens is 4. The smallest absolute Gasteiger partial charge is 0.226 e. The van der Waals surface area contributed by atoms with Crippen molar-refractivity contribution in [1.82, 2.24) is 19.9 Å². The Morgan fingerprint density at radius 2 is 2.19 bits per heavy atom. The molecule has 3 heterocycles. The third kappa shape index (κ3) is 2.92. The van der Waals surface area contributed by atoms with Gasteiger partial charge < -0.3 is 20.3 Å². The number of hydrogen-bond donors (Lipinski definition) is 3. The van der Waals surface area contributed by atoms with Gasteiger partial charge in [-0.1, -0.05) is 6.92 Å². The summed E-state index contributed by atoms with van der Waals surface area (Å²) >= 11 is 0. The molecule has 3 N–H and O–H groups in total. The first kappa shape index (κ1) is 14.1. The van der Waals surface area contributed by atoms with Gasteiger partial charge in [0.15, 0.2) is 11.5 Å². The molecule has 0 atom stereocenters. The minimum Gasteiger partial charge on any atom is -0.396 e. The Bertz CT molecular complexity index is 590. The van der Waals surface area contributed by atoms with Crippen LogP contribution in [0.15, 0.2) is 6.33 Å². The Labute approximate surface area is 123 Å². The number of anilines is 2. The summed E-state index contributed by atoms with van der Waals surface area (Å²) in [5.74, 6) is 1.96. The van der Waals surface area contributed by atoms with E-state index in [9.17, 15) is 5.11 Å². The second-order valence-electron chi connectivity index (χ2n) is 5.51. The maximum atomic E-state index is 9.26. The summed E-state index contributed by atoms with van der Waals surface area (Å²) < 4.78 is 0. The Balaban J connectivity index is 1.87. The number of aromatic amines is 1. The van der Waals surface area contributed by atoms with Gasteiger partial charge in [-0.05, 0) is 25.2 Å². The number of piperidine rings is 1. The van der Waals surface area contributed by atoms with E-state index in [0.29, 0.717) is 17.5 Å². The van der Waals surface area contributed by atoms with Crippen LogP contribution in [0.2, 0.25) is 0 Å². The first-order valence-corrected chi connectivity index (χ1v) is 7.62. The number of H-pyrrole nitrogens is 1. The summed E-state index contributed by atoms with van der Waals surface area (Å²) in [4.78, 5) is 18.7. The molecule has 7 nitrogen and oxygen atoms in total. The molecule has 0 spiro atoms. The second kappa shape index (κ2) is 6.26. The minimum absolute atomic E-state index is 0.278. The third-order valence-corrected chi connectivity index (χ3v) is 3.97. The normalized spacial score (nSPS) is 16.6. The van der Waals surface area contributed by atoms with Gasteiger partial charge in [-0.2, -0.15) is 9.97 Å². The lowest BCUT2D eigenvalue weighted by Crippen LogP contribution is -2.35. The van der Waals surface area contributed by atoms with Crippen molar-refractivity contribution < 1.29 is 5.11 Å². The van der Waals surface area contributed by atoms with Gasteiger partial charge in [-0.3, -0.25) is 0 Å². The number of fused-ring (bicyclic) bond motifs is 1. The molecule has 1 saturated heterocycles. The predicted molar refractivity (Wildman–Crippen MR) is 82.5 cm³/mol. The Kier molecular flexibility index (Phi) is 4.19. The van der Waals surface area contributed by atoms with Gasteiger partial charge >= 0.3 is 0 Å². The van der Waals surface area contributed by atoms with Crippen LogP contribution in [0.25, 0.3) is 11.2 Å². The topological polar surface area (TPSA) is 90.0 Å². The van der Waals surface area contributed by atoms with Gasteiger partial charge in [-0.25, -0.2) is 4.98 Å². The van der Waals surface area contributed by atoms with E-state index in [4.69, 9.17) is 0 Å². The van der Waals surface area contributed by atoms with Crippen molar-refractivity contribution in [1.29, 1.82) is 0 Å². The fourth-order valence-corrected chi connectivity index (χ4v) is 2.69. The lowest BCUT2D eigenvalue weighted by molar-refractivity contribution is 0.203. The number of nitrogens with one attached hydrogen (secondary N) is 2. The van der Waals surface area contributed by atoms with Crippen LogP contribution >= 0.6 is 0 Å². The van der Waals surface area contributed by atoms with Gasteiger partial charge in [0.2, 0.25) is 5.95 Å². The molecule has 1 aliphatic rings. The van der Waals surface area contributed by atoms with E-state index < -0.39 is 0 Å². The van der Waals surface area contributed by atoms with E-state index in [2.05, 4.69) is 37.1 Å². The van der Waals surface area contributed by atoms with Crippen molar-refractivity contribution >= 4 is 22.9 Å². The quantitative estimate of drug-likeness (QED) is 0.771. The molecule has 0 aromatic carbocycles. The van der Waals surface area contributed by atoms with Crippen LogP contribution in [0.1, 0.15) is 26.2 Å². The SMILES string of the molecule is CCCNc1nc(N2CCC(CO)CC2)c2[nH]cnc2n1. The molecule has 0 bridgehead atoms. The lowest BCUT2D eigenvalue weighted by Gasteiger charge is -2.32. The van der Waals surface area contributed by atoms with Crippen LogP contribution in [-0.4, -0.2) is 51.3 Å². The number of nitrogens with zero attached hydrogens (tertiary/aromatic N) is 4. The van der Waals surface area contributed by atoms with E-state index >= 15 is 0 Å². The van der Waals surface area contributed by atoms with E-state index in [1.165, 1.54) is 0 Å². The molecule has 2 aromatic rings. The molecular weight excluding hydrogens is 268 g/mol. The molecule has 7 heteroatoms. The Morgan fingerprint density at radius 1 is 1.38 bits per heavy atom. The summed E-state index contributed by atoms with van der Waals surface area (Å²) in [6.45, 7) is 5.05. The van der Waals surface area contributed by atoms with Crippen molar-refractivity contribution in [3.8, 4) is 0 Å². The van der Waals surface area contributed by atoms with E-state index in [-0.39, 0.29) is 6.61 Å². The first-order chi connectivity index (χ1) is 10.3. The number of aliphatic hydroxyl groups excluding tert-OH is 1. The molecular formula is C14H22N6O. The fraction of sp³-hybridized carbons (Fsp3) is 0.643. The van der Waals surface area contributed by atoms with Crippen LogP contribution in [0, 0.1) is 5.92 Å². The number of rotatable bonds is 5. The van der Waals surface area contributed by atoms with E-state index in [1.807, 2.05) is 0 Å². The van der Waals surface area contributed by atoms with E-state index in [0.717, 1.165) is 50.2 Å². The van der Waals surface area contributed by atoms with Crippen molar-refractivity contribution in [2.24, 2.45) is 5.92 Å². The van der Waals surface area contributed by atoms with Crippen LogP contribution in [0.5, 0.6) is 0 Å². The first-order valence-electron chi connectivity index (χ1n) is 7.62. The minimum atomic E-state index is 0.278. The highest BCUT2D eigenvalue weighted by atomic mass is 16.3. The highest BCUT2D eigenvalue weighted by Crippen LogP contribution is 2.27. The molecule has 0 aliphatic carbocycles. The van der Waals surface area contributed by atoms with Crippen LogP contribution in [-0.2, 0) is 0 Å². The van der Waals surface area contributed by atoms with Gasteiger partial charge in [0.25, 0.3) is 0 Å². The fourth-order valence-electron chi connectivity index (χ4n) is 2.69. The number of imidazole rings is 1. The predicted octanol–water partition coefficient (Wildman–Crippen LogP) is 1.38. The van der Waals surface area contributed by atoms with Crippen molar-refractivity contribution in [3.05, 3.63) is 6.33 Å². The zero-order valence-electron chi connectivity index (χ0n) is 12.3. The molecule has 0 unspecified atom stereocenters. The second-order valence-corrected chi connectivity index (χ2v) is 5.51. The van der Waals surface area contributed by atoms with Gasteiger partial charge in [0, 0.05) is 26.2 Å². The number of hydrogen-bond acceptors (Lipinski definition) is 6. The summed E-state index contributed by atoms with van der Waals surface area (Å²) in [5.41, 5.74) is 1.59. The van der Waals surface area contributed by atoms with Gasteiger partial charge in [0.1, 0.15) is 5.52 Å². The molecule has 2 aromatic heterocycles. The van der Waals surface area contributed by atoms with Crippen LogP contribution < -0.4 is 10.2 Å². The van der Waals surface area contributed by atoms with Crippen LogP contribution in [0.4, 0.5) is 11.8 Å². The third-order valence-electron chi connectivity index (χ3n) is 3.97. The molecule has 3 rings (SSSR count). The average molecular weight is 290 g/mol. The lowest BCUT2D eigenvalue weighted by atomic mass is 9.98. The maximum absolute atomic E-state index is 9.26. The monoisotopic (exact) mass is 290 g/mol. The van der Waals surface area contributed by atoms with Gasteiger partial charge in [-0.15, -0.1) is 0 Å². The summed E-state index contributed by atoms with van der Waals surface area (Å²) in [6, 6.07) is 0. The van der Waals surface area contributed by atoms with Crippen LogP contribution in [0.3, 0.4) is 0 Å².